The van der Waals surface area contributed by atoms with Crippen molar-refractivity contribution in [1.82, 2.24) is 0 Å². The highest BCUT2D eigenvalue weighted by Crippen LogP contribution is 2.51. The van der Waals surface area contributed by atoms with Crippen molar-refractivity contribution < 1.29 is 58.2 Å². The molecule has 0 aromatic heterocycles. The second-order valence-corrected chi connectivity index (χ2v) is 10.7. The number of carbonyl (C=O) groups is 1. The lowest BCUT2D eigenvalue weighted by molar-refractivity contribution is -0.253. The highest BCUT2D eigenvalue weighted by atomic mass is 19.4. The largest absolute Gasteiger partial charge is 0.488 e. The molecule has 4 rings (SSSR count). The second kappa shape index (κ2) is 13.2. The molecule has 0 unspecified atom stereocenters. The summed E-state index contributed by atoms with van der Waals surface area (Å²) in [6, 6.07) is 12.3. The van der Waals surface area contributed by atoms with Crippen LogP contribution >= 0.6 is 0 Å². The first-order valence-corrected chi connectivity index (χ1v) is 13.7. The quantitative estimate of drug-likeness (QED) is 0.128. The Hall–Kier alpha value is -4.75. The van der Waals surface area contributed by atoms with E-state index in [2.05, 4.69) is 4.74 Å². The first-order chi connectivity index (χ1) is 21.9. The van der Waals surface area contributed by atoms with Gasteiger partial charge in [-0.1, -0.05) is 36.4 Å². The number of hydrogen-bond donors (Lipinski definition) is 1. The second-order valence-electron chi connectivity index (χ2n) is 10.7. The van der Waals surface area contributed by atoms with Gasteiger partial charge in [-0.3, -0.25) is 4.79 Å². The van der Waals surface area contributed by atoms with Gasteiger partial charge in [-0.05, 0) is 78.9 Å². The fourth-order valence-corrected chi connectivity index (χ4v) is 5.34. The van der Waals surface area contributed by atoms with Gasteiger partial charge in [-0.15, -0.1) is 0 Å². The summed E-state index contributed by atoms with van der Waals surface area (Å²) >= 11 is 0. The Morgan fingerprint density at radius 1 is 0.787 bits per heavy atom. The van der Waals surface area contributed by atoms with Crippen molar-refractivity contribution in [3.05, 3.63) is 130 Å². The lowest BCUT2D eigenvalue weighted by Gasteiger charge is -2.39. The number of primary amides is 1. The fraction of sp³-hybridized carbons (Fsp3) is 0.242. The Balaban J connectivity index is 2.30. The first kappa shape index (κ1) is 35.1. The van der Waals surface area contributed by atoms with Crippen molar-refractivity contribution in [2.24, 2.45) is 5.73 Å². The normalized spacial score (nSPS) is 13.5. The molecular weight excluding hydrogens is 648 g/mol. The van der Waals surface area contributed by atoms with E-state index in [0.717, 1.165) is 18.2 Å². The van der Waals surface area contributed by atoms with Crippen molar-refractivity contribution in [3.8, 4) is 11.5 Å². The molecule has 0 aliphatic carbocycles. The zero-order valence-electron chi connectivity index (χ0n) is 24.4. The first-order valence-electron chi connectivity index (χ1n) is 13.7. The molecule has 47 heavy (non-hydrogen) atoms. The number of halogens is 10. The summed E-state index contributed by atoms with van der Waals surface area (Å²) in [6.45, 7) is 3.00. The van der Waals surface area contributed by atoms with E-state index < -0.39 is 93.8 Å². The summed E-state index contributed by atoms with van der Waals surface area (Å²) in [5.74, 6) is -7.63. The monoisotopic (exact) mass is 673 g/mol. The van der Waals surface area contributed by atoms with E-state index in [1.807, 2.05) is 0 Å². The van der Waals surface area contributed by atoms with Crippen LogP contribution in [0.25, 0.3) is 0 Å². The summed E-state index contributed by atoms with van der Waals surface area (Å²) < 4.78 is 154. The van der Waals surface area contributed by atoms with Gasteiger partial charge >= 0.3 is 18.7 Å². The molecule has 0 radical (unpaired) electrons. The maximum Gasteiger partial charge on any atom is 0.461 e. The molecule has 0 saturated heterocycles. The molecule has 1 atom stereocenters. The van der Waals surface area contributed by atoms with Gasteiger partial charge in [-0.25, -0.2) is 13.2 Å². The molecule has 2 N–H and O–H groups in total. The lowest BCUT2D eigenvalue weighted by atomic mass is 9.63. The van der Waals surface area contributed by atoms with Crippen molar-refractivity contribution in [1.29, 1.82) is 0 Å². The molecule has 0 aliphatic rings. The van der Waals surface area contributed by atoms with Crippen LogP contribution in [0.4, 0.5) is 43.9 Å². The van der Waals surface area contributed by atoms with Gasteiger partial charge < -0.3 is 15.2 Å². The predicted molar refractivity (Wildman–Crippen MR) is 150 cm³/mol. The molecule has 0 heterocycles. The molecule has 4 aromatic carbocycles. The molecule has 0 spiro atoms. The van der Waals surface area contributed by atoms with Crippen molar-refractivity contribution >= 4 is 5.91 Å². The summed E-state index contributed by atoms with van der Waals surface area (Å²) in [5.41, 5.74) is -2.20. The number of amides is 1. The van der Waals surface area contributed by atoms with Crippen LogP contribution in [0.1, 0.15) is 52.0 Å². The Labute approximate surface area is 261 Å². The number of rotatable bonds is 11. The van der Waals surface area contributed by atoms with Gasteiger partial charge in [0, 0.05) is 11.6 Å². The Morgan fingerprint density at radius 2 is 1.43 bits per heavy atom. The highest BCUT2D eigenvalue weighted by molar-refractivity contribution is 5.96. The number of ether oxygens (including phenoxy) is 2. The molecule has 0 fully saturated rings. The van der Waals surface area contributed by atoms with Gasteiger partial charge in [0.2, 0.25) is 5.91 Å². The van der Waals surface area contributed by atoms with E-state index in [0.29, 0.717) is 24.3 Å². The minimum Gasteiger partial charge on any atom is -0.488 e. The van der Waals surface area contributed by atoms with E-state index in [1.165, 1.54) is 44.2 Å². The average Bonchev–Trinajstić information content (AvgIpc) is 2.96. The van der Waals surface area contributed by atoms with Crippen LogP contribution in [0.15, 0.2) is 78.9 Å². The molecular formula is C33H25F10NO3. The number of benzene rings is 4. The van der Waals surface area contributed by atoms with Gasteiger partial charge in [-0.2, -0.15) is 30.7 Å². The van der Waals surface area contributed by atoms with Crippen molar-refractivity contribution in [3.63, 3.8) is 0 Å². The third-order valence-electron chi connectivity index (χ3n) is 7.10. The standard InChI is InChI=1S/C33H25F10NO3/c1-17(2)46-26-14-19(8-10-24(26)35)31(16-18-6-4-3-5-7-18,20-12-21(34)15-22(13-20)47-33(42,43)30(37)38)27-23(29(44)45)9-11-25(36)28(27)32(39,40)41/h3-15,17,30H,16H2,1-2H3,(H2,44,45)/t31-/m1/s1. The molecule has 1 amide bonds. The summed E-state index contributed by atoms with van der Waals surface area (Å²) in [7, 11) is 0. The van der Waals surface area contributed by atoms with Crippen LogP contribution in [0.5, 0.6) is 11.5 Å². The van der Waals surface area contributed by atoms with Gasteiger partial charge in [0.25, 0.3) is 0 Å². The van der Waals surface area contributed by atoms with Crippen molar-refractivity contribution in [2.75, 3.05) is 0 Å². The van der Waals surface area contributed by atoms with Gasteiger partial charge in [0.05, 0.1) is 17.1 Å². The number of nitrogens with two attached hydrogens (primary N) is 1. The van der Waals surface area contributed by atoms with Crippen LogP contribution in [-0.4, -0.2) is 24.5 Å². The zero-order valence-corrected chi connectivity index (χ0v) is 24.4. The molecule has 0 aliphatic heterocycles. The summed E-state index contributed by atoms with van der Waals surface area (Å²) in [6.07, 6.45) is -16.6. The van der Waals surface area contributed by atoms with E-state index in [4.69, 9.17) is 10.5 Å². The molecule has 14 heteroatoms. The maximum atomic E-state index is 15.4. The van der Waals surface area contributed by atoms with E-state index in [1.54, 1.807) is 0 Å². The van der Waals surface area contributed by atoms with Crippen LogP contribution in [0.2, 0.25) is 0 Å². The molecule has 0 bridgehead atoms. The van der Waals surface area contributed by atoms with Gasteiger partial charge in [0.1, 0.15) is 17.4 Å². The highest BCUT2D eigenvalue weighted by Gasteiger charge is 2.50. The average molecular weight is 674 g/mol. The smallest absolute Gasteiger partial charge is 0.461 e. The SMILES string of the molecule is CC(C)Oc1cc([C@](Cc2ccccc2)(c2cc(F)cc(OC(F)(F)C(F)F)c2)c2c(C(N)=O)ccc(F)c2C(F)(F)F)ccc1F. The molecule has 250 valence electrons. The number of hydrogen-bond acceptors (Lipinski definition) is 3. The molecule has 0 saturated carbocycles. The Morgan fingerprint density at radius 3 is 2.00 bits per heavy atom. The zero-order chi connectivity index (χ0) is 34.9. The third-order valence-corrected chi connectivity index (χ3v) is 7.10. The van der Waals surface area contributed by atoms with Gasteiger partial charge in [0.15, 0.2) is 11.6 Å². The Kier molecular flexibility index (Phi) is 9.83. The van der Waals surface area contributed by atoms with Crippen LogP contribution in [0.3, 0.4) is 0 Å². The van der Waals surface area contributed by atoms with E-state index in [-0.39, 0.29) is 17.2 Å². The number of carbonyl (C=O) groups excluding carboxylic acids is 1. The minimum atomic E-state index is -5.57. The van der Waals surface area contributed by atoms with Crippen LogP contribution in [-0.2, 0) is 18.0 Å². The number of alkyl halides is 7. The minimum absolute atomic E-state index is 0.167. The van der Waals surface area contributed by atoms with E-state index in [9.17, 15) is 35.5 Å². The Bertz CT molecular complexity index is 1760. The fourth-order valence-electron chi connectivity index (χ4n) is 5.34. The summed E-state index contributed by atoms with van der Waals surface area (Å²) in [4.78, 5) is 12.8. The molecule has 4 nitrogen and oxygen atoms in total. The summed E-state index contributed by atoms with van der Waals surface area (Å²) in [5, 5.41) is 0. The lowest BCUT2D eigenvalue weighted by Crippen LogP contribution is -2.38. The van der Waals surface area contributed by atoms with Crippen molar-refractivity contribution in [2.45, 2.75) is 50.5 Å². The van der Waals surface area contributed by atoms with Crippen LogP contribution in [0, 0.1) is 17.5 Å². The third kappa shape index (κ3) is 7.31. The van der Waals surface area contributed by atoms with Crippen LogP contribution < -0.4 is 15.2 Å². The maximum absolute atomic E-state index is 15.4. The molecule has 4 aromatic rings. The topological polar surface area (TPSA) is 61.6 Å². The van der Waals surface area contributed by atoms with E-state index >= 15 is 13.2 Å². The predicted octanol–water partition coefficient (Wildman–Crippen LogP) is 8.82.